The van der Waals surface area contributed by atoms with Gasteiger partial charge in [-0.25, -0.2) is 4.79 Å². The first-order chi connectivity index (χ1) is 36.2. The van der Waals surface area contributed by atoms with Crippen LogP contribution in [0, 0.1) is 35.5 Å². The summed E-state index contributed by atoms with van der Waals surface area (Å²) in [5.74, 6) is -9.67. The van der Waals surface area contributed by atoms with Crippen LogP contribution >= 0.6 is 0 Å². The maximum Gasteiger partial charge on any atom is 0.482 e. The van der Waals surface area contributed by atoms with Gasteiger partial charge in [0.25, 0.3) is 11.7 Å². The number of Topliss-reactive ketones (excluding diaryl/α,β-unsaturated/α-hetero) is 3. The van der Waals surface area contributed by atoms with Crippen molar-refractivity contribution in [1.82, 2.24) is 4.90 Å². The Balaban J connectivity index is 1.72. The van der Waals surface area contributed by atoms with Crippen LogP contribution in [0.3, 0.4) is 0 Å². The van der Waals surface area contributed by atoms with Gasteiger partial charge in [-0.3, -0.25) is 19.2 Å². The number of cyclic esters (lactones) is 1. The van der Waals surface area contributed by atoms with Gasteiger partial charge in [0.15, 0.2) is 5.78 Å². The molecular weight excluding hydrogens is 1020 g/mol. The Kier molecular flexibility index (Phi) is 25.7. The molecule has 0 radical (unpaired) electrons. The molecule has 4 rings (SSSR count). The van der Waals surface area contributed by atoms with Crippen LogP contribution in [0.5, 0.6) is 0 Å². The van der Waals surface area contributed by atoms with Crippen LogP contribution in [-0.2, 0) is 57.1 Å². The number of piperidine rings is 1. The van der Waals surface area contributed by atoms with E-state index in [0.29, 0.717) is 49.7 Å². The third kappa shape index (κ3) is 18.4. The fourth-order valence-electron chi connectivity index (χ4n) is 10.9. The molecule has 3 N–H and O–H groups in total. The van der Waals surface area contributed by atoms with Crippen molar-refractivity contribution < 1.29 is 94.4 Å². The van der Waals surface area contributed by atoms with E-state index in [-0.39, 0.29) is 87.5 Å². The second-order valence-corrected chi connectivity index (χ2v) is 21.7. The van der Waals surface area contributed by atoms with Gasteiger partial charge in [0.05, 0.1) is 50.8 Å². The monoisotopic (exact) mass is 1110 g/mol. The van der Waals surface area contributed by atoms with E-state index in [9.17, 15) is 61.2 Å². The molecule has 21 heteroatoms. The quantitative estimate of drug-likeness (QED) is 0.0529. The first-order valence-electron chi connectivity index (χ1n) is 27.1. The highest BCUT2D eigenvalue weighted by molar-refractivity contribution is 6.39. The summed E-state index contributed by atoms with van der Waals surface area (Å²) in [4.78, 5) is 72.4. The third-order valence-corrected chi connectivity index (χ3v) is 15.6. The number of esters is 1. The molecular formula is C56H84F5NO15. The molecule has 0 aromatic rings. The SMILES string of the molecule is CO[C@@H]1CC(C[C@@H](C)C2CC(=O)[C@H](C)/C=C(\C)[C@@H](O)[C@@H](OC)C(=O)[C@H](C)C[C@H](C)/C=C/C=C/C=C(\C)C(OCCOC(F)(F)C(F)(F)F)C[C@@H]3CC[C@@H](C)[C@@](O)(O3)C(=O)C(=O)N3CCCC[C@H]3C(=O)O2)CC[C@H]1OCCO. The Morgan fingerprint density at radius 1 is 0.831 bits per heavy atom. The van der Waals surface area contributed by atoms with Gasteiger partial charge < -0.3 is 53.4 Å². The Morgan fingerprint density at radius 3 is 2.21 bits per heavy atom. The number of aliphatic hydroxyl groups excluding tert-OH is 2. The number of allylic oxidation sites excluding steroid dienone is 6. The largest absolute Gasteiger partial charge is 0.482 e. The lowest BCUT2D eigenvalue weighted by Gasteiger charge is -2.43. The summed E-state index contributed by atoms with van der Waals surface area (Å²) in [7, 11) is 2.90. The molecule has 0 aromatic heterocycles. The molecule has 438 valence electrons. The van der Waals surface area contributed by atoms with Gasteiger partial charge in [0.1, 0.15) is 30.1 Å². The average Bonchev–Trinajstić information content (AvgIpc) is 3.38. The molecule has 3 aliphatic heterocycles. The van der Waals surface area contributed by atoms with Crippen LogP contribution in [0.2, 0.25) is 0 Å². The Hall–Kier alpha value is -3.80. The fourth-order valence-corrected chi connectivity index (χ4v) is 10.9. The number of amides is 1. The molecule has 3 fully saturated rings. The Labute approximate surface area is 450 Å². The number of halogens is 5. The molecule has 4 aliphatic rings. The highest BCUT2D eigenvalue weighted by Gasteiger charge is 2.59. The van der Waals surface area contributed by atoms with Crippen molar-refractivity contribution >= 4 is 29.2 Å². The summed E-state index contributed by atoms with van der Waals surface area (Å²) in [5, 5.41) is 32.9. The molecule has 3 unspecified atom stereocenters. The summed E-state index contributed by atoms with van der Waals surface area (Å²) < 4.78 is 105. The van der Waals surface area contributed by atoms with E-state index in [4.69, 9.17) is 28.4 Å². The highest BCUT2D eigenvalue weighted by atomic mass is 19.4. The molecule has 3 heterocycles. The Bertz CT molecular complexity index is 2080. The molecule has 77 heavy (non-hydrogen) atoms. The summed E-state index contributed by atoms with van der Waals surface area (Å²) >= 11 is 0. The maximum atomic E-state index is 14.5. The second-order valence-electron chi connectivity index (χ2n) is 21.7. The zero-order chi connectivity index (χ0) is 57.4. The number of nitrogens with zero attached hydrogens (tertiary/aromatic N) is 1. The van der Waals surface area contributed by atoms with Gasteiger partial charge in [-0.05, 0) is 107 Å². The van der Waals surface area contributed by atoms with E-state index in [1.165, 1.54) is 14.0 Å². The molecule has 2 saturated heterocycles. The number of ketones is 3. The van der Waals surface area contributed by atoms with Crippen LogP contribution < -0.4 is 0 Å². The zero-order valence-electron chi connectivity index (χ0n) is 46.1. The van der Waals surface area contributed by atoms with Crippen molar-refractivity contribution in [2.45, 2.75) is 192 Å². The first kappa shape index (κ1) is 65.7. The molecule has 1 saturated carbocycles. The van der Waals surface area contributed by atoms with Crippen LogP contribution in [-0.4, -0.2) is 163 Å². The number of hydrogen-bond acceptors (Lipinski definition) is 15. The number of rotatable bonds is 13. The number of fused-ring (bicyclic) bond motifs is 3. The molecule has 15 atom stereocenters. The lowest BCUT2D eigenvalue weighted by atomic mass is 9.78. The van der Waals surface area contributed by atoms with Crippen molar-refractivity contribution in [2.75, 3.05) is 47.2 Å². The lowest BCUT2D eigenvalue weighted by Crippen LogP contribution is -2.61. The summed E-state index contributed by atoms with van der Waals surface area (Å²) in [6.07, 6.45) is -3.88. The van der Waals surface area contributed by atoms with Gasteiger partial charge in [-0.15, -0.1) is 0 Å². The van der Waals surface area contributed by atoms with Crippen molar-refractivity contribution in [1.29, 1.82) is 0 Å². The predicted octanol–water partition coefficient (Wildman–Crippen LogP) is 7.74. The van der Waals surface area contributed by atoms with Crippen LogP contribution in [0.4, 0.5) is 22.0 Å². The summed E-state index contributed by atoms with van der Waals surface area (Å²) in [6, 6.07) is -1.29. The van der Waals surface area contributed by atoms with E-state index in [1.807, 2.05) is 19.9 Å². The summed E-state index contributed by atoms with van der Waals surface area (Å²) in [6.45, 7) is 9.91. The number of carbonyl (C=O) groups is 5. The number of carbonyl (C=O) groups excluding carboxylic acids is 5. The predicted molar refractivity (Wildman–Crippen MR) is 272 cm³/mol. The first-order valence-corrected chi connectivity index (χ1v) is 27.1. The third-order valence-electron chi connectivity index (χ3n) is 15.6. The van der Waals surface area contributed by atoms with E-state index in [1.54, 1.807) is 65.2 Å². The van der Waals surface area contributed by atoms with E-state index >= 15 is 0 Å². The number of alkyl halides is 5. The van der Waals surface area contributed by atoms with Crippen molar-refractivity contribution in [2.24, 2.45) is 35.5 Å². The minimum absolute atomic E-state index is 0.0540. The lowest BCUT2D eigenvalue weighted by molar-refractivity contribution is -0.392. The minimum Gasteiger partial charge on any atom is -0.460 e. The second kappa shape index (κ2) is 30.1. The molecule has 1 amide bonds. The topological polar surface area (TPSA) is 214 Å². The maximum absolute atomic E-state index is 14.5. The zero-order valence-corrected chi connectivity index (χ0v) is 46.1. The smallest absolute Gasteiger partial charge is 0.460 e. The van der Waals surface area contributed by atoms with Crippen LogP contribution in [0.1, 0.15) is 126 Å². The Morgan fingerprint density at radius 2 is 1.55 bits per heavy atom. The van der Waals surface area contributed by atoms with Crippen molar-refractivity contribution in [3.05, 3.63) is 47.6 Å². The molecule has 0 spiro atoms. The number of hydrogen-bond donors (Lipinski definition) is 3. The number of ether oxygens (including phenoxy) is 7. The van der Waals surface area contributed by atoms with Gasteiger partial charge in [0.2, 0.25) is 5.79 Å². The number of aliphatic hydroxyl groups is 3. The van der Waals surface area contributed by atoms with Crippen molar-refractivity contribution in [3.63, 3.8) is 0 Å². The van der Waals surface area contributed by atoms with Crippen LogP contribution in [0.15, 0.2) is 47.6 Å². The number of methoxy groups -OCH3 is 2. The van der Waals surface area contributed by atoms with Crippen molar-refractivity contribution in [3.8, 4) is 0 Å². The minimum atomic E-state index is -5.97. The summed E-state index contributed by atoms with van der Waals surface area (Å²) in [5.41, 5.74) is 0.758. The highest BCUT2D eigenvalue weighted by Crippen LogP contribution is 2.39. The average molecular weight is 1110 g/mol. The van der Waals surface area contributed by atoms with Gasteiger partial charge in [0, 0.05) is 51.4 Å². The van der Waals surface area contributed by atoms with E-state index in [2.05, 4.69) is 4.74 Å². The van der Waals surface area contributed by atoms with Gasteiger partial charge in [-0.1, -0.05) is 71.1 Å². The van der Waals surface area contributed by atoms with Crippen LogP contribution in [0.25, 0.3) is 0 Å². The fraction of sp³-hybridized carbons (Fsp3) is 0.768. The molecule has 0 aromatic carbocycles. The van der Waals surface area contributed by atoms with E-state index in [0.717, 1.165) is 11.3 Å². The van der Waals surface area contributed by atoms with Gasteiger partial charge in [-0.2, -0.15) is 22.0 Å². The molecule has 1 aliphatic carbocycles. The standard InChI is InChI=1S/C56H84F5NO15/c1-33-15-11-10-12-16-34(2)45(74-25-26-75-56(60,61)55(57,58)59)31-41-20-18-39(7)54(70,77-41)51(67)52(68)62-22-14-13-17-42(62)53(69)76-46(36(4)29-40-19-21-44(73-24-23-63)47(30-40)71-8)32-43(64)35(3)28-38(6)49(66)50(72-9)48(65)37(5)27-33/h10-12,15-16,28,33,35-37,39-42,44-47,49-50,63,66,70H,13-14,17-27,29-32H2,1-9H3/b12-10+,15-11+,34-16+,38-28+/t33-,35-,36-,37-,39-,40?,41+,42+,44-,45?,46?,47-,49-,50+,54-/m1/s1. The molecule has 2 bridgehead atoms. The van der Waals surface area contributed by atoms with E-state index < -0.39 is 109 Å². The van der Waals surface area contributed by atoms with Gasteiger partial charge >= 0.3 is 18.3 Å². The normalized spacial score (nSPS) is 36.5. The molecule has 16 nitrogen and oxygen atoms in total.